The van der Waals surface area contributed by atoms with Crippen molar-refractivity contribution >= 4 is 11.7 Å². The second-order valence-electron chi connectivity index (χ2n) is 5.86. The van der Waals surface area contributed by atoms with Crippen molar-refractivity contribution in [3.05, 3.63) is 33.9 Å². The number of aliphatic carboxylic acids is 1. The van der Waals surface area contributed by atoms with Gasteiger partial charge in [0.05, 0.1) is 17.4 Å². The molecule has 0 aromatic heterocycles. The molecule has 2 rings (SSSR count). The Morgan fingerprint density at radius 1 is 1.57 bits per heavy atom. The van der Waals surface area contributed by atoms with Crippen LogP contribution in [0.4, 0.5) is 5.69 Å². The summed E-state index contributed by atoms with van der Waals surface area (Å²) in [5.41, 5.74) is -0.303. The Kier molecular flexibility index (Phi) is 4.16. The Hall–Kier alpha value is -2.11. The number of hydrogen-bond donors (Lipinski definition) is 1. The van der Waals surface area contributed by atoms with E-state index in [1.165, 1.54) is 25.3 Å². The lowest BCUT2D eigenvalue weighted by Crippen LogP contribution is -2.30. The number of carboxylic acids is 1. The normalized spacial score (nSPS) is 24.8. The molecule has 1 aromatic carbocycles. The summed E-state index contributed by atoms with van der Waals surface area (Å²) in [6.45, 7) is 2.04. The molecule has 0 spiro atoms. The SMILES string of the molecule is COc1ccc([N+](=O)[O-])cc1CC1(C(=O)O)CCC(C)C1. The second-order valence-corrected chi connectivity index (χ2v) is 5.86. The van der Waals surface area contributed by atoms with E-state index in [1.807, 2.05) is 6.92 Å². The van der Waals surface area contributed by atoms with Crippen LogP contribution in [0.2, 0.25) is 0 Å². The molecule has 6 nitrogen and oxygen atoms in total. The van der Waals surface area contributed by atoms with Gasteiger partial charge in [0, 0.05) is 17.7 Å². The van der Waals surface area contributed by atoms with Crippen molar-refractivity contribution in [1.29, 1.82) is 0 Å². The molecule has 1 saturated carbocycles. The van der Waals surface area contributed by atoms with Crippen molar-refractivity contribution in [3.8, 4) is 5.75 Å². The molecular formula is C15H19NO5. The summed E-state index contributed by atoms with van der Waals surface area (Å²) in [5.74, 6) is 0.0204. The summed E-state index contributed by atoms with van der Waals surface area (Å²) in [5, 5.41) is 20.5. The molecule has 1 aliphatic rings. The predicted octanol–water partition coefficient (Wildman–Crippen LogP) is 3.04. The topological polar surface area (TPSA) is 89.7 Å². The molecular weight excluding hydrogens is 274 g/mol. The molecule has 1 aliphatic carbocycles. The van der Waals surface area contributed by atoms with Crippen LogP contribution in [0.15, 0.2) is 18.2 Å². The number of hydrogen-bond acceptors (Lipinski definition) is 4. The maximum atomic E-state index is 11.7. The summed E-state index contributed by atoms with van der Waals surface area (Å²) in [6, 6.07) is 4.32. The number of rotatable bonds is 5. The van der Waals surface area contributed by atoms with Gasteiger partial charge in [-0.15, -0.1) is 0 Å². The van der Waals surface area contributed by atoms with Crippen LogP contribution in [-0.2, 0) is 11.2 Å². The van der Waals surface area contributed by atoms with Crippen LogP contribution >= 0.6 is 0 Å². The largest absolute Gasteiger partial charge is 0.496 e. The van der Waals surface area contributed by atoms with E-state index in [1.54, 1.807) is 0 Å². The van der Waals surface area contributed by atoms with Gasteiger partial charge in [-0.2, -0.15) is 0 Å². The number of nitro groups is 1. The second kappa shape index (κ2) is 5.71. The van der Waals surface area contributed by atoms with Crippen LogP contribution in [0.1, 0.15) is 31.7 Å². The van der Waals surface area contributed by atoms with Crippen molar-refractivity contribution in [2.24, 2.45) is 11.3 Å². The van der Waals surface area contributed by atoms with Gasteiger partial charge in [-0.05, 0) is 37.7 Å². The van der Waals surface area contributed by atoms with Gasteiger partial charge in [-0.25, -0.2) is 0 Å². The molecule has 6 heteroatoms. The van der Waals surface area contributed by atoms with Gasteiger partial charge in [0.2, 0.25) is 0 Å². The highest BCUT2D eigenvalue weighted by Gasteiger charge is 2.44. The Bertz CT molecular complexity index is 571. The molecule has 21 heavy (non-hydrogen) atoms. The van der Waals surface area contributed by atoms with Crippen molar-refractivity contribution in [2.75, 3.05) is 7.11 Å². The number of nitro benzene ring substituents is 1. The molecule has 0 saturated heterocycles. The fraction of sp³-hybridized carbons (Fsp3) is 0.533. The van der Waals surface area contributed by atoms with Crippen molar-refractivity contribution < 1.29 is 19.6 Å². The molecule has 1 fully saturated rings. The van der Waals surface area contributed by atoms with Crippen molar-refractivity contribution in [2.45, 2.75) is 32.6 Å². The molecule has 1 N–H and O–H groups in total. The summed E-state index contributed by atoms with van der Waals surface area (Å²) in [6.07, 6.45) is 2.31. The number of benzene rings is 1. The lowest BCUT2D eigenvalue weighted by molar-refractivity contribution is -0.384. The van der Waals surface area contributed by atoms with Crippen molar-refractivity contribution in [3.63, 3.8) is 0 Å². The third-order valence-electron chi connectivity index (χ3n) is 4.31. The zero-order valence-corrected chi connectivity index (χ0v) is 12.2. The minimum Gasteiger partial charge on any atom is -0.496 e. The summed E-state index contributed by atoms with van der Waals surface area (Å²) < 4.78 is 5.23. The highest BCUT2D eigenvalue weighted by Crippen LogP contribution is 2.45. The average molecular weight is 293 g/mol. The molecule has 2 atom stereocenters. The average Bonchev–Trinajstić information content (AvgIpc) is 2.81. The lowest BCUT2D eigenvalue weighted by atomic mass is 9.79. The van der Waals surface area contributed by atoms with Gasteiger partial charge >= 0.3 is 5.97 Å². The molecule has 0 bridgehead atoms. The van der Waals surface area contributed by atoms with Crippen LogP contribution in [0.25, 0.3) is 0 Å². The van der Waals surface area contributed by atoms with Crippen LogP contribution in [-0.4, -0.2) is 23.1 Å². The van der Waals surface area contributed by atoms with E-state index < -0.39 is 16.3 Å². The number of nitrogens with zero attached hydrogens (tertiary/aromatic N) is 1. The molecule has 0 amide bonds. The van der Waals surface area contributed by atoms with Gasteiger partial charge in [-0.3, -0.25) is 14.9 Å². The fourth-order valence-electron chi connectivity index (χ4n) is 3.21. The lowest BCUT2D eigenvalue weighted by Gasteiger charge is -2.25. The molecule has 114 valence electrons. The Balaban J connectivity index is 2.38. The zero-order chi connectivity index (χ0) is 15.6. The molecule has 0 heterocycles. The van der Waals surface area contributed by atoms with E-state index in [2.05, 4.69) is 0 Å². The standard InChI is InChI=1S/C15H19NO5/c1-10-5-6-15(8-10,14(17)18)9-11-7-12(16(19)20)3-4-13(11)21-2/h3-4,7,10H,5-6,8-9H2,1-2H3,(H,17,18). The highest BCUT2D eigenvalue weighted by atomic mass is 16.6. The number of carbonyl (C=O) groups is 1. The Labute approximate surface area is 122 Å². The van der Waals surface area contributed by atoms with E-state index in [0.717, 1.165) is 6.42 Å². The van der Waals surface area contributed by atoms with Gasteiger partial charge in [0.15, 0.2) is 0 Å². The van der Waals surface area contributed by atoms with Crippen LogP contribution < -0.4 is 4.74 Å². The summed E-state index contributed by atoms with van der Waals surface area (Å²) in [7, 11) is 1.48. The number of carboxylic acid groups (broad SMARTS) is 1. The van der Waals surface area contributed by atoms with Crippen LogP contribution in [0.5, 0.6) is 5.75 Å². The van der Waals surface area contributed by atoms with Gasteiger partial charge in [0.1, 0.15) is 5.75 Å². The molecule has 0 radical (unpaired) electrons. The first-order valence-corrected chi connectivity index (χ1v) is 6.92. The fourth-order valence-corrected chi connectivity index (χ4v) is 3.21. The smallest absolute Gasteiger partial charge is 0.309 e. The van der Waals surface area contributed by atoms with Gasteiger partial charge < -0.3 is 9.84 Å². The Morgan fingerprint density at radius 2 is 2.29 bits per heavy atom. The maximum Gasteiger partial charge on any atom is 0.309 e. The third kappa shape index (κ3) is 2.99. The highest BCUT2D eigenvalue weighted by molar-refractivity contribution is 5.75. The third-order valence-corrected chi connectivity index (χ3v) is 4.31. The predicted molar refractivity (Wildman–Crippen MR) is 76.4 cm³/mol. The van der Waals surface area contributed by atoms with Gasteiger partial charge in [-0.1, -0.05) is 6.92 Å². The first kappa shape index (κ1) is 15.3. The van der Waals surface area contributed by atoms with E-state index in [9.17, 15) is 20.0 Å². The van der Waals surface area contributed by atoms with E-state index in [4.69, 9.17) is 4.74 Å². The monoisotopic (exact) mass is 293 g/mol. The van der Waals surface area contributed by atoms with Crippen LogP contribution in [0.3, 0.4) is 0 Å². The van der Waals surface area contributed by atoms with E-state index in [0.29, 0.717) is 30.1 Å². The first-order valence-electron chi connectivity index (χ1n) is 6.92. The number of methoxy groups -OCH3 is 1. The number of non-ortho nitro benzene ring substituents is 1. The summed E-state index contributed by atoms with van der Waals surface area (Å²) in [4.78, 5) is 22.1. The van der Waals surface area contributed by atoms with Crippen LogP contribution in [0, 0.1) is 21.4 Å². The van der Waals surface area contributed by atoms with E-state index >= 15 is 0 Å². The minimum atomic E-state index is -0.845. The zero-order valence-electron chi connectivity index (χ0n) is 12.2. The van der Waals surface area contributed by atoms with Gasteiger partial charge in [0.25, 0.3) is 5.69 Å². The first-order chi connectivity index (χ1) is 9.88. The number of ether oxygens (including phenoxy) is 1. The Morgan fingerprint density at radius 3 is 2.76 bits per heavy atom. The van der Waals surface area contributed by atoms with E-state index in [-0.39, 0.29) is 12.1 Å². The molecule has 0 aliphatic heterocycles. The maximum absolute atomic E-state index is 11.7. The quantitative estimate of drug-likeness (QED) is 0.665. The molecule has 2 unspecified atom stereocenters. The molecule has 1 aromatic rings. The summed E-state index contributed by atoms with van der Waals surface area (Å²) >= 11 is 0. The minimum absolute atomic E-state index is 0.0441. The van der Waals surface area contributed by atoms with Crippen molar-refractivity contribution in [1.82, 2.24) is 0 Å².